The van der Waals surface area contributed by atoms with Gasteiger partial charge in [-0.3, -0.25) is 15.0 Å². The third-order valence-corrected chi connectivity index (χ3v) is 9.27. The zero-order valence-corrected chi connectivity index (χ0v) is 25.7. The molecular weight excluding hydrogens is 568 g/mol. The molecule has 2 aromatic carbocycles. The summed E-state index contributed by atoms with van der Waals surface area (Å²) < 4.78 is 34.7. The van der Waals surface area contributed by atoms with Gasteiger partial charge in [0, 0.05) is 38.4 Å². The molecule has 0 radical (unpaired) electrons. The largest absolute Gasteiger partial charge is 0.493 e. The maximum absolute atomic E-state index is 14.0. The lowest BCUT2D eigenvalue weighted by atomic mass is 9.99. The second-order valence-electron chi connectivity index (χ2n) is 11.6. The van der Waals surface area contributed by atoms with E-state index in [9.17, 15) is 23.1 Å². The highest BCUT2D eigenvalue weighted by Gasteiger charge is 2.36. The summed E-state index contributed by atoms with van der Waals surface area (Å²) in [5, 5.41) is 16.1. The van der Waals surface area contributed by atoms with E-state index < -0.39 is 34.0 Å². The van der Waals surface area contributed by atoms with Gasteiger partial charge < -0.3 is 15.2 Å². The van der Waals surface area contributed by atoms with Crippen LogP contribution in [0.2, 0.25) is 0 Å². The van der Waals surface area contributed by atoms with E-state index in [1.807, 2.05) is 44.2 Å². The van der Waals surface area contributed by atoms with Crippen molar-refractivity contribution >= 4 is 21.8 Å². The van der Waals surface area contributed by atoms with E-state index in [2.05, 4.69) is 16.7 Å². The number of rotatable bonds is 15. The van der Waals surface area contributed by atoms with Crippen LogP contribution in [0.1, 0.15) is 50.7 Å². The summed E-state index contributed by atoms with van der Waals surface area (Å²) in [5.74, 6) is 2.18. The number of nitrogens with zero attached hydrogens (tertiary/aromatic N) is 2. The number of fused-ring (bicyclic) bond motifs is 1. The van der Waals surface area contributed by atoms with Crippen LogP contribution in [-0.4, -0.2) is 79.1 Å². The van der Waals surface area contributed by atoms with Crippen molar-refractivity contribution < 1.29 is 27.9 Å². The van der Waals surface area contributed by atoms with E-state index in [-0.39, 0.29) is 55.8 Å². The van der Waals surface area contributed by atoms with Gasteiger partial charge in [0.15, 0.2) is 0 Å². The third kappa shape index (κ3) is 9.03. The minimum atomic E-state index is -4.02. The minimum Gasteiger partial charge on any atom is -0.493 e. The van der Waals surface area contributed by atoms with Crippen molar-refractivity contribution in [1.82, 2.24) is 20.1 Å². The lowest BCUT2D eigenvalue weighted by Gasteiger charge is -2.37. The van der Waals surface area contributed by atoms with Crippen LogP contribution >= 0.6 is 0 Å². The van der Waals surface area contributed by atoms with Crippen LogP contribution in [0.4, 0.5) is 0 Å². The van der Waals surface area contributed by atoms with Crippen LogP contribution in [-0.2, 0) is 32.5 Å². The SMILES string of the molecule is C#CCCC(=O)N(NC(=O)CNC1CC1)C(Cc1ccccc1)[C@H](O)CN(CC(C)C)S(=O)(=O)c1ccc2c(c1)CCO2. The summed E-state index contributed by atoms with van der Waals surface area (Å²) in [5.41, 5.74) is 4.32. The number of hydrazine groups is 1. The van der Waals surface area contributed by atoms with Gasteiger partial charge in [-0.25, -0.2) is 13.4 Å². The number of aliphatic hydroxyl groups is 1. The van der Waals surface area contributed by atoms with Crippen LogP contribution in [0.15, 0.2) is 53.4 Å². The van der Waals surface area contributed by atoms with Gasteiger partial charge >= 0.3 is 0 Å². The van der Waals surface area contributed by atoms with E-state index in [1.165, 1.54) is 10.4 Å². The number of sulfonamides is 1. The average Bonchev–Trinajstić information content (AvgIpc) is 3.70. The number of hydrogen-bond donors (Lipinski definition) is 3. The molecule has 2 atom stereocenters. The molecule has 1 fully saturated rings. The molecule has 3 N–H and O–H groups in total. The maximum Gasteiger partial charge on any atom is 0.252 e. The van der Waals surface area contributed by atoms with Gasteiger partial charge in [0.25, 0.3) is 5.91 Å². The molecule has 0 aromatic heterocycles. The highest BCUT2D eigenvalue weighted by molar-refractivity contribution is 7.89. The smallest absolute Gasteiger partial charge is 0.252 e. The zero-order chi connectivity index (χ0) is 31.0. The second kappa shape index (κ2) is 14.8. The summed E-state index contributed by atoms with van der Waals surface area (Å²) in [6, 6.07) is 13.4. The second-order valence-corrected chi connectivity index (χ2v) is 13.5. The molecule has 43 heavy (non-hydrogen) atoms. The van der Waals surface area contributed by atoms with Crippen molar-refractivity contribution in [3.8, 4) is 18.1 Å². The molecule has 1 unspecified atom stereocenters. The average molecular weight is 611 g/mol. The Balaban J connectivity index is 1.64. The van der Waals surface area contributed by atoms with Gasteiger partial charge in [0.2, 0.25) is 15.9 Å². The summed E-state index contributed by atoms with van der Waals surface area (Å²) in [6.07, 6.45) is 6.95. The van der Waals surface area contributed by atoms with Crippen molar-refractivity contribution in [3.63, 3.8) is 0 Å². The number of carbonyl (C=O) groups is 2. The molecule has 1 aliphatic heterocycles. The zero-order valence-electron chi connectivity index (χ0n) is 24.9. The number of hydrogen-bond acceptors (Lipinski definition) is 7. The van der Waals surface area contributed by atoms with Gasteiger partial charge in [-0.1, -0.05) is 44.2 Å². The number of carbonyl (C=O) groups excluding carboxylic acids is 2. The number of ether oxygens (including phenoxy) is 1. The molecule has 4 rings (SSSR count). The van der Waals surface area contributed by atoms with Gasteiger partial charge in [0.05, 0.1) is 30.2 Å². The Morgan fingerprint density at radius 1 is 1.14 bits per heavy atom. The first-order valence-electron chi connectivity index (χ1n) is 14.8. The van der Waals surface area contributed by atoms with Crippen LogP contribution in [0.25, 0.3) is 0 Å². The summed E-state index contributed by atoms with van der Waals surface area (Å²) in [6.45, 7) is 4.16. The Morgan fingerprint density at radius 2 is 1.88 bits per heavy atom. The first kappa shape index (κ1) is 32.5. The van der Waals surface area contributed by atoms with E-state index in [0.717, 1.165) is 29.0 Å². The van der Waals surface area contributed by atoms with Gasteiger partial charge in [-0.05, 0) is 54.5 Å². The van der Waals surface area contributed by atoms with Crippen molar-refractivity contribution in [2.24, 2.45) is 5.92 Å². The molecule has 1 heterocycles. The first-order valence-corrected chi connectivity index (χ1v) is 16.3. The molecule has 10 nitrogen and oxygen atoms in total. The molecule has 2 amide bonds. The fourth-order valence-electron chi connectivity index (χ4n) is 5.06. The Labute approximate surface area is 254 Å². The standard InChI is InChI=1S/C32H42N4O6S/c1-4-5-11-32(39)36(34-31(38)20-33-26-12-13-26)28(18-24-9-7-6-8-10-24)29(37)22-35(21-23(2)3)43(40,41)27-14-15-30-25(19-27)16-17-42-30/h1,6-10,14-15,19,23,26,28-29,33,37H,5,11-13,16-18,20-22H2,2-3H3,(H,34,38)/t28?,29-/m1/s1. The molecule has 1 saturated carbocycles. The van der Waals surface area contributed by atoms with Crippen molar-refractivity contribution in [3.05, 3.63) is 59.7 Å². The Kier molecular flexibility index (Phi) is 11.2. The van der Waals surface area contributed by atoms with Crippen molar-refractivity contribution in [2.75, 3.05) is 26.2 Å². The molecule has 2 aliphatic rings. The molecular formula is C32H42N4O6S. The van der Waals surface area contributed by atoms with Crippen LogP contribution < -0.4 is 15.5 Å². The summed E-state index contributed by atoms with van der Waals surface area (Å²) in [7, 11) is -4.02. The van der Waals surface area contributed by atoms with Gasteiger partial charge in [-0.15, -0.1) is 12.3 Å². The maximum atomic E-state index is 14.0. The normalized spacial score (nSPS) is 15.8. The number of benzene rings is 2. The predicted octanol–water partition coefficient (Wildman–Crippen LogP) is 2.27. The van der Waals surface area contributed by atoms with Crippen molar-refractivity contribution in [1.29, 1.82) is 0 Å². The molecule has 0 spiro atoms. The summed E-state index contributed by atoms with van der Waals surface area (Å²) in [4.78, 5) is 26.5. The van der Waals surface area contributed by atoms with Crippen LogP contribution in [0.5, 0.6) is 5.75 Å². The predicted molar refractivity (Wildman–Crippen MR) is 163 cm³/mol. The van der Waals surface area contributed by atoms with Gasteiger partial charge in [-0.2, -0.15) is 4.31 Å². The van der Waals surface area contributed by atoms with E-state index in [0.29, 0.717) is 18.8 Å². The Hall–Kier alpha value is -3.43. The topological polar surface area (TPSA) is 128 Å². The van der Waals surface area contributed by atoms with Crippen LogP contribution in [0, 0.1) is 18.3 Å². The fraction of sp³-hybridized carbons (Fsp3) is 0.500. The highest BCUT2D eigenvalue weighted by atomic mass is 32.2. The fourth-order valence-corrected chi connectivity index (χ4v) is 6.74. The van der Waals surface area contributed by atoms with Crippen molar-refractivity contribution in [2.45, 2.75) is 75.5 Å². The lowest BCUT2D eigenvalue weighted by Crippen LogP contribution is -2.60. The lowest BCUT2D eigenvalue weighted by molar-refractivity contribution is -0.147. The third-order valence-electron chi connectivity index (χ3n) is 7.45. The van der Waals surface area contributed by atoms with E-state index in [4.69, 9.17) is 11.2 Å². The molecule has 232 valence electrons. The molecule has 2 aromatic rings. The number of amides is 2. The number of nitrogens with one attached hydrogen (secondary N) is 2. The number of terminal acetylenes is 1. The molecule has 11 heteroatoms. The minimum absolute atomic E-state index is 0.00757. The summed E-state index contributed by atoms with van der Waals surface area (Å²) >= 11 is 0. The monoisotopic (exact) mass is 610 g/mol. The molecule has 1 aliphatic carbocycles. The Bertz CT molecular complexity index is 1400. The van der Waals surface area contributed by atoms with E-state index >= 15 is 0 Å². The molecule has 0 bridgehead atoms. The molecule has 0 saturated heterocycles. The highest BCUT2D eigenvalue weighted by Crippen LogP contribution is 2.29. The van der Waals surface area contributed by atoms with E-state index in [1.54, 1.807) is 12.1 Å². The van der Waals surface area contributed by atoms with Crippen LogP contribution in [0.3, 0.4) is 0 Å². The quantitative estimate of drug-likeness (QED) is 0.209. The number of aliphatic hydroxyl groups excluding tert-OH is 1. The Morgan fingerprint density at radius 3 is 2.56 bits per heavy atom. The first-order chi connectivity index (χ1) is 20.6. The van der Waals surface area contributed by atoms with Gasteiger partial charge in [0.1, 0.15) is 5.75 Å².